The summed E-state index contributed by atoms with van der Waals surface area (Å²) in [5.74, 6) is -0.158. The zero-order valence-electron chi connectivity index (χ0n) is 11.6. The highest BCUT2D eigenvalue weighted by atomic mass is 35.5. The molecule has 106 valence electrons. The standard InChI is InChI=1S/C14H21ClN2OS/c1-4-6-11(16)14(18)17-12-8-5-7-10(15)13(12)19-9(2)3/h5,7-9,11H,4,6,16H2,1-3H3,(H,17,18). The Kier molecular flexibility index (Phi) is 6.69. The lowest BCUT2D eigenvalue weighted by atomic mass is 10.1. The van der Waals surface area contributed by atoms with Crippen molar-refractivity contribution >= 4 is 35.0 Å². The van der Waals surface area contributed by atoms with Crippen LogP contribution in [0.3, 0.4) is 0 Å². The number of carbonyl (C=O) groups is 1. The highest BCUT2D eigenvalue weighted by molar-refractivity contribution is 8.00. The van der Waals surface area contributed by atoms with Gasteiger partial charge >= 0.3 is 0 Å². The molecule has 5 heteroatoms. The van der Waals surface area contributed by atoms with Gasteiger partial charge in [0.05, 0.1) is 16.8 Å². The van der Waals surface area contributed by atoms with E-state index in [2.05, 4.69) is 19.2 Å². The minimum Gasteiger partial charge on any atom is -0.324 e. The van der Waals surface area contributed by atoms with Crippen LogP contribution in [0.5, 0.6) is 0 Å². The molecule has 19 heavy (non-hydrogen) atoms. The van der Waals surface area contributed by atoms with Gasteiger partial charge in [-0.25, -0.2) is 0 Å². The number of anilines is 1. The maximum atomic E-state index is 12.0. The number of halogens is 1. The molecule has 3 nitrogen and oxygen atoms in total. The fourth-order valence-corrected chi connectivity index (χ4v) is 2.84. The molecule has 0 spiro atoms. The third-order valence-corrected chi connectivity index (χ3v) is 4.09. The van der Waals surface area contributed by atoms with Crippen LogP contribution in [0.2, 0.25) is 5.02 Å². The van der Waals surface area contributed by atoms with Gasteiger partial charge in [-0.05, 0) is 18.6 Å². The van der Waals surface area contributed by atoms with E-state index in [0.717, 1.165) is 17.0 Å². The molecule has 3 N–H and O–H groups in total. The van der Waals surface area contributed by atoms with Gasteiger partial charge in [-0.1, -0.05) is 44.9 Å². The highest BCUT2D eigenvalue weighted by Gasteiger charge is 2.16. The zero-order chi connectivity index (χ0) is 14.4. The van der Waals surface area contributed by atoms with Crippen molar-refractivity contribution in [2.45, 2.75) is 49.8 Å². The van der Waals surface area contributed by atoms with Crippen LogP contribution in [0, 0.1) is 0 Å². The first-order chi connectivity index (χ1) is 8.95. The van der Waals surface area contributed by atoms with Gasteiger partial charge in [0.2, 0.25) is 5.91 Å². The third kappa shape index (κ3) is 5.05. The molecule has 0 bridgehead atoms. The molecule has 0 radical (unpaired) electrons. The van der Waals surface area contributed by atoms with Crippen LogP contribution in [-0.2, 0) is 4.79 Å². The quantitative estimate of drug-likeness (QED) is 0.783. The summed E-state index contributed by atoms with van der Waals surface area (Å²) in [5.41, 5.74) is 6.55. The minimum atomic E-state index is -0.471. The van der Waals surface area contributed by atoms with Crippen molar-refractivity contribution in [3.63, 3.8) is 0 Å². The molecule has 0 saturated carbocycles. The molecule has 1 aromatic rings. The molecule has 1 rings (SSSR count). The Morgan fingerprint density at radius 3 is 2.74 bits per heavy atom. The van der Waals surface area contributed by atoms with Crippen LogP contribution in [-0.4, -0.2) is 17.2 Å². The Labute approximate surface area is 124 Å². The van der Waals surface area contributed by atoms with Gasteiger partial charge in [0.15, 0.2) is 0 Å². The summed E-state index contributed by atoms with van der Waals surface area (Å²) in [5, 5.41) is 3.91. The molecule has 1 atom stereocenters. The van der Waals surface area contributed by atoms with Gasteiger partial charge in [0.25, 0.3) is 0 Å². The summed E-state index contributed by atoms with van der Waals surface area (Å²) in [7, 11) is 0. The van der Waals surface area contributed by atoms with E-state index in [1.807, 2.05) is 25.1 Å². The number of rotatable bonds is 6. The average Bonchev–Trinajstić information content (AvgIpc) is 2.33. The van der Waals surface area contributed by atoms with Crippen molar-refractivity contribution in [3.05, 3.63) is 23.2 Å². The van der Waals surface area contributed by atoms with Gasteiger partial charge in [0.1, 0.15) is 0 Å². The van der Waals surface area contributed by atoms with Crippen LogP contribution in [0.25, 0.3) is 0 Å². The molecule has 0 aliphatic carbocycles. The normalized spacial score (nSPS) is 12.5. The van der Waals surface area contributed by atoms with Crippen molar-refractivity contribution in [3.8, 4) is 0 Å². The van der Waals surface area contributed by atoms with Gasteiger partial charge < -0.3 is 11.1 Å². The second kappa shape index (κ2) is 7.78. The van der Waals surface area contributed by atoms with Gasteiger partial charge in [-0.2, -0.15) is 0 Å². The first-order valence-electron chi connectivity index (χ1n) is 6.47. The fourth-order valence-electron chi connectivity index (χ4n) is 1.63. The molecule has 1 amide bonds. The SMILES string of the molecule is CCCC(N)C(=O)Nc1cccc(Cl)c1SC(C)C. The van der Waals surface area contributed by atoms with Crippen molar-refractivity contribution in [1.82, 2.24) is 0 Å². The minimum absolute atomic E-state index is 0.158. The fraction of sp³-hybridized carbons (Fsp3) is 0.500. The van der Waals surface area contributed by atoms with Crippen molar-refractivity contribution < 1.29 is 4.79 Å². The molecule has 0 saturated heterocycles. The third-order valence-electron chi connectivity index (χ3n) is 2.51. The number of thioether (sulfide) groups is 1. The van der Waals surface area contributed by atoms with Gasteiger partial charge in [-0.15, -0.1) is 11.8 Å². The number of hydrogen-bond donors (Lipinski definition) is 2. The van der Waals surface area contributed by atoms with E-state index >= 15 is 0 Å². The smallest absolute Gasteiger partial charge is 0.241 e. The molecule has 0 aliphatic heterocycles. The summed E-state index contributed by atoms with van der Waals surface area (Å²) < 4.78 is 0. The summed E-state index contributed by atoms with van der Waals surface area (Å²) in [6.07, 6.45) is 1.57. The largest absolute Gasteiger partial charge is 0.324 e. The second-order valence-electron chi connectivity index (χ2n) is 4.67. The number of benzene rings is 1. The lowest BCUT2D eigenvalue weighted by Gasteiger charge is -2.16. The lowest BCUT2D eigenvalue weighted by molar-refractivity contribution is -0.117. The summed E-state index contributed by atoms with van der Waals surface area (Å²) in [6, 6.07) is 5.04. The van der Waals surface area contributed by atoms with E-state index < -0.39 is 6.04 Å². The molecule has 0 fully saturated rings. The first kappa shape index (κ1) is 16.3. The Hall–Kier alpha value is -0.710. The zero-order valence-corrected chi connectivity index (χ0v) is 13.1. The molecule has 1 unspecified atom stereocenters. The van der Waals surface area contributed by atoms with E-state index in [-0.39, 0.29) is 5.91 Å². The van der Waals surface area contributed by atoms with Crippen LogP contribution >= 0.6 is 23.4 Å². The van der Waals surface area contributed by atoms with Crippen molar-refractivity contribution in [2.75, 3.05) is 5.32 Å². The molecular weight excluding hydrogens is 280 g/mol. The van der Waals surface area contributed by atoms with E-state index in [1.165, 1.54) is 0 Å². The monoisotopic (exact) mass is 300 g/mol. The summed E-state index contributed by atoms with van der Waals surface area (Å²) >= 11 is 7.83. The van der Waals surface area contributed by atoms with E-state index in [0.29, 0.717) is 16.7 Å². The molecule has 0 heterocycles. The number of carbonyl (C=O) groups excluding carboxylic acids is 1. The summed E-state index contributed by atoms with van der Waals surface area (Å²) in [4.78, 5) is 12.9. The summed E-state index contributed by atoms with van der Waals surface area (Å²) in [6.45, 7) is 6.18. The van der Waals surface area contributed by atoms with Crippen molar-refractivity contribution in [2.24, 2.45) is 5.73 Å². The maximum Gasteiger partial charge on any atom is 0.241 e. The van der Waals surface area contributed by atoms with Crippen LogP contribution in [0.15, 0.2) is 23.1 Å². The average molecular weight is 301 g/mol. The second-order valence-corrected chi connectivity index (χ2v) is 6.66. The van der Waals surface area contributed by atoms with Crippen LogP contribution < -0.4 is 11.1 Å². The Balaban J connectivity index is 2.88. The Morgan fingerprint density at radius 1 is 1.47 bits per heavy atom. The molecule has 1 aromatic carbocycles. The van der Waals surface area contributed by atoms with Gasteiger partial charge in [0, 0.05) is 10.1 Å². The van der Waals surface area contributed by atoms with Crippen LogP contribution in [0.1, 0.15) is 33.6 Å². The number of amides is 1. The number of nitrogens with one attached hydrogen (secondary N) is 1. The van der Waals surface area contributed by atoms with Crippen LogP contribution in [0.4, 0.5) is 5.69 Å². The Morgan fingerprint density at radius 2 is 2.16 bits per heavy atom. The number of nitrogens with two attached hydrogens (primary N) is 1. The highest BCUT2D eigenvalue weighted by Crippen LogP contribution is 2.36. The van der Waals surface area contributed by atoms with E-state index in [1.54, 1.807) is 11.8 Å². The van der Waals surface area contributed by atoms with Crippen molar-refractivity contribution in [1.29, 1.82) is 0 Å². The van der Waals surface area contributed by atoms with E-state index in [4.69, 9.17) is 17.3 Å². The molecule has 0 aromatic heterocycles. The predicted octanol–water partition coefficient (Wildman–Crippen LogP) is 3.91. The topological polar surface area (TPSA) is 55.1 Å². The first-order valence-corrected chi connectivity index (χ1v) is 7.73. The maximum absolute atomic E-state index is 12.0. The predicted molar refractivity (Wildman–Crippen MR) is 84.0 cm³/mol. The Bertz CT molecular complexity index is 437. The molecular formula is C14H21ClN2OS. The number of hydrogen-bond acceptors (Lipinski definition) is 3. The lowest BCUT2D eigenvalue weighted by Crippen LogP contribution is -2.35. The van der Waals surface area contributed by atoms with Gasteiger partial charge in [-0.3, -0.25) is 4.79 Å². The molecule has 0 aliphatic rings. The van der Waals surface area contributed by atoms with E-state index in [9.17, 15) is 4.79 Å².